The molecule has 0 aliphatic rings. The number of aromatic hydroxyl groups is 2. The van der Waals surface area contributed by atoms with Crippen molar-refractivity contribution in [3.8, 4) is 11.5 Å². The van der Waals surface area contributed by atoms with Crippen LogP contribution in [-0.2, 0) is 27.2 Å². The molecule has 7 nitrogen and oxygen atoms in total. The van der Waals surface area contributed by atoms with Crippen LogP contribution >= 0.6 is 0 Å². The number of nitrogens with one attached hydrogen (secondary N) is 1. The van der Waals surface area contributed by atoms with Gasteiger partial charge in [0.05, 0.1) is 6.61 Å². The first-order valence-corrected chi connectivity index (χ1v) is 9.57. The minimum absolute atomic E-state index is 0.0837. The molecule has 2 unspecified atom stereocenters. The van der Waals surface area contributed by atoms with E-state index in [9.17, 15) is 24.9 Å². The van der Waals surface area contributed by atoms with E-state index in [1.54, 1.807) is 6.92 Å². The molecule has 4 N–H and O–H groups in total. The standard InChI is InChI=1S/C22H27NO6/c1-2-29-22(28)19(12-15-6-4-3-5-7-15)23-21(27)17(10-11-24)13-16-8-9-18(25)14-20(16)26/h3-9,14,17,19,24-26H,2,10-13H2,1H3,(H,23,27). The Morgan fingerprint density at radius 3 is 2.41 bits per heavy atom. The van der Waals surface area contributed by atoms with Crippen LogP contribution in [0.4, 0.5) is 0 Å². The average Bonchev–Trinajstić information content (AvgIpc) is 2.70. The number of carbonyl (C=O) groups is 2. The summed E-state index contributed by atoms with van der Waals surface area (Å²) in [6.45, 7) is 1.67. The molecular formula is C22H27NO6. The summed E-state index contributed by atoms with van der Waals surface area (Å²) >= 11 is 0. The number of ether oxygens (including phenoxy) is 1. The summed E-state index contributed by atoms with van der Waals surface area (Å²) in [5.74, 6) is -1.82. The van der Waals surface area contributed by atoms with Crippen LogP contribution in [0.25, 0.3) is 0 Å². The highest BCUT2D eigenvalue weighted by Gasteiger charge is 2.27. The fourth-order valence-corrected chi connectivity index (χ4v) is 3.05. The van der Waals surface area contributed by atoms with Gasteiger partial charge in [-0.3, -0.25) is 4.79 Å². The molecule has 0 saturated heterocycles. The van der Waals surface area contributed by atoms with Crippen LogP contribution < -0.4 is 5.32 Å². The summed E-state index contributed by atoms with van der Waals surface area (Å²) in [7, 11) is 0. The Kier molecular flexibility index (Phi) is 8.48. The summed E-state index contributed by atoms with van der Waals surface area (Å²) in [6.07, 6.45) is 0.591. The number of aliphatic hydroxyl groups is 1. The van der Waals surface area contributed by atoms with Crippen molar-refractivity contribution >= 4 is 11.9 Å². The number of esters is 1. The molecule has 0 radical (unpaired) electrons. The van der Waals surface area contributed by atoms with E-state index in [4.69, 9.17) is 4.74 Å². The van der Waals surface area contributed by atoms with Gasteiger partial charge in [0.15, 0.2) is 0 Å². The summed E-state index contributed by atoms with van der Waals surface area (Å²) in [5, 5.41) is 31.5. The van der Waals surface area contributed by atoms with Crippen molar-refractivity contribution in [2.24, 2.45) is 5.92 Å². The minimum Gasteiger partial charge on any atom is -0.508 e. The molecule has 0 spiro atoms. The molecule has 0 saturated carbocycles. The molecule has 2 aromatic rings. The number of aliphatic hydroxyl groups excluding tert-OH is 1. The van der Waals surface area contributed by atoms with Crippen LogP contribution in [0.15, 0.2) is 48.5 Å². The Balaban J connectivity index is 2.15. The van der Waals surface area contributed by atoms with Gasteiger partial charge in [-0.15, -0.1) is 0 Å². The smallest absolute Gasteiger partial charge is 0.328 e. The fraction of sp³-hybridized carbons (Fsp3) is 0.364. The predicted molar refractivity (Wildman–Crippen MR) is 107 cm³/mol. The average molecular weight is 401 g/mol. The highest BCUT2D eigenvalue weighted by Crippen LogP contribution is 2.26. The number of phenols is 2. The largest absolute Gasteiger partial charge is 0.508 e. The highest BCUT2D eigenvalue weighted by molar-refractivity contribution is 5.86. The van der Waals surface area contributed by atoms with E-state index >= 15 is 0 Å². The van der Waals surface area contributed by atoms with Gasteiger partial charge in [0.25, 0.3) is 0 Å². The number of hydrogen-bond acceptors (Lipinski definition) is 6. The maximum atomic E-state index is 12.9. The van der Waals surface area contributed by atoms with Crippen molar-refractivity contribution < 1.29 is 29.6 Å². The molecule has 2 atom stereocenters. The normalized spacial score (nSPS) is 12.8. The second-order valence-electron chi connectivity index (χ2n) is 6.73. The molecule has 2 aromatic carbocycles. The van der Waals surface area contributed by atoms with E-state index in [-0.39, 0.29) is 44.0 Å². The van der Waals surface area contributed by atoms with Crippen molar-refractivity contribution in [1.29, 1.82) is 0 Å². The second kappa shape index (κ2) is 11.1. The van der Waals surface area contributed by atoms with E-state index in [2.05, 4.69) is 5.32 Å². The maximum Gasteiger partial charge on any atom is 0.328 e. The van der Waals surface area contributed by atoms with Crippen LogP contribution in [0.3, 0.4) is 0 Å². The molecule has 7 heteroatoms. The van der Waals surface area contributed by atoms with Gasteiger partial charge in [-0.2, -0.15) is 0 Å². The molecule has 156 valence electrons. The van der Waals surface area contributed by atoms with Crippen LogP contribution in [0.1, 0.15) is 24.5 Å². The Labute approximate surface area is 170 Å². The van der Waals surface area contributed by atoms with Gasteiger partial charge in [0, 0.05) is 25.0 Å². The number of amides is 1. The lowest BCUT2D eigenvalue weighted by atomic mass is 9.94. The van der Waals surface area contributed by atoms with E-state index in [1.807, 2.05) is 30.3 Å². The molecule has 0 fully saturated rings. The monoisotopic (exact) mass is 401 g/mol. The quantitative estimate of drug-likeness (QED) is 0.452. The van der Waals surface area contributed by atoms with Gasteiger partial charge in [0.1, 0.15) is 17.5 Å². The first-order valence-electron chi connectivity index (χ1n) is 9.57. The lowest BCUT2D eigenvalue weighted by Gasteiger charge is -2.22. The third-order valence-electron chi connectivity index (χ3n) is 4.55. The summed E-state index contributed by atoms with van der Waals surface area (Å²) in [5.41, 5.74) is 1.34. The summed E-state index contributed by atoms with van der Waals surface area (Å²) < 4.78 is 5.10. The number of carbonyl (C=O) groups excluding carboxylic acids is 2. The lowest BCUT2D eigenvalue weighted by molar-refractivity contribution is -0.147. The molecule has 29 heavy (non-hydrogen) atoms. The third kappa shape index (κ3) is 6.80. The van der Waals surface area contributed by atoms with Gasteiger partial charge in [-0.05, 0) is 37.0 Å². The third-order valence-corrected chi connectivity index (χ3v) is 4.55. The first kappa shape index (κ1) is 22.2. The first-order chi connectivity index (χ1) is 13.9. The van der Waals surface area contributed by atoms with Crippen molar-refractivity contribution in [2.45, 2.75) is 32.2 Å². The zero-order chi connectivity index (χ0) is 21.2. The summed E-state index contributed by atoms with van der Waals surface area (Å²) in [6, 6.07) is 12.6. The molecule has 2 rings (SSSR count). The van der Waals surface area contributed by atoms with E-state index in [1.165, 1.54) is 18.2 Å². The van der Waals surface area contributed by atoms with Gasteiger partial charge < -0.3 is 25.4 Å². The summed E-state index contributed by atoms with van der Waals surface area (Å²) in [4.78, 5) is 25.2. The predicted octanol–water partition coefficient (Wildman–Crippen LogP) is 1.93. The van der Waals surface area contributed by atoms with E-state index in [0.29, 0.717) is 5.56 Å². The van der Waals surface area contributed by atoms with Crippen LogP contribution in [0.5, 0.6) is 11.5 Å². The van der Waals surface area contributed by atoms with Gasteiger partial charge in [-0.25, -0.2) is 4.79 Å². The molecular weight excluding hydrogens is 374 g/mol. The van der Waals surface area contributed by atoms with Gasteiger partial charge in [-0.1, -0.05) is 36.4 Å². The number of phenolic OH excluding ortho intramolecular Hbond substituents is 2. The zero-order valence-electron chi connectivity index (χ0n) is 16.4. The molecule has 0 bridgehead atoms. The van der Waals surface area contributed by atoms with Gasteiger partial charge >= 0.3 is 5.97 Å². The van der Waals surface area contributed by atoms with Crippen LogP contribution in [-0.4, -0.2) is 46.5 Å². The van der Waals surface area contributed by atoms with E-state index in [0.717, 1.165) is 5.56 Å². The Morgan fingerprint density at radius 2 is 1.79 bits per heavy atom. The Morgan fingerprint density at radius 1 is 1.07 bits per heavy atom. The SMILES string of the molecule is CCOC(=O)C(Cc1ccccc1)NC(=O)C(CCO)Cc1ccc(O)cc1O. The Hall–Kier alpha value is -3.06. The highest BCUT2D eigenvalue weighted by atomic mass is 16.5. The topological polar surface area (TPSA) is 116 Å². The number of hydrogen-bond donors (Lipinski definition) is 4. The number of benzene rings is 2. The van der Waals surface area contributed by atoms with E-state index < -0.39 is 23.8 Å². The lowest BCUT2D eigenvalue weighted by Crippen LogP contribution is -2.46. The van der Waals surface area contributed by atoms with Crippen molar-refractivity contribution in [2.75, 3.05) is 13.2 Å². The van der Waals surface area contributed by atoms with Crippen molar-refractivity contribution in [3.63, 3.8) is 0 Å². The van der Waals surface area contributed by atoms with Crippen molar-refractivity contribution in [3.05, 3.63) is 59.7 Å². The zero-order valence-corrected chi connectivity index (χ0v) is 16.4. The fourth-order valence-electron chi connectivity index (χ4n) is 3.05. The molecule has 0 heterocycles. The van der Waals surface area contributed by atoms with Gasteiger partial charge in [0.2, 0.25) is 5.91 Å². The number of rotatable bonds is 10. The Bertz CT molecular complexity index is 808. The van der Waals surface area contributed by atoms with Crippen LogP contribution in [0.2, 0.25) is 0 Å². The molecule has 0 aliphatic carbocycles. The maximum absolute atomic E-state index is 12.9. The van der Waals surface area contributed by atoms with Crippen LogP contribution in [0, 0.1) is 5.92 Å². The van der Waals surface area contributed by atoms with Crippen molar-refractivity contribution in [1.82, 2.24) is 5.32 Å². The second-order valence-corrected chi connectivity index (χ2v) is 6.73. The molecule has 1 amide bonds. The minimum atomic E-state index is -0.862. The molecule has 0 aliphatic heterocycles. The molecule has 0 aromatic heterocycles.